The second-order valence-electron chi connectivity index (χ2n) is 28.9. The summed E-state index contributed by atoms with van der Waals surface area (Å²) in [5, 5.41) is 175. The Bertz CT molecular complexity index is 2450. The lowest BCUT2D eigenvalue weighted by molar-refractivity contribution is -0.287. The molecule has 0 aliphatic carbocycles. The van der Waals surface area contributed by atoms with Crippen molar-refractivity contribution in [1.29, 1.82) is 0 Å². The van der Waals surface area contributed by atoms with Gasteiger partial charge in [-0.25, -0.2) is 0 Å². The number of likely N-dealkylation sites (N-methyl/N-ethyl adjacent to an activating group) is 1. The topological polar surface area (TPSA) is 423 Å². The molecule has 2 aliphatic heterocycles. The van der Waals surface area contributed by atoms with E-state index in [0.717, 1.165) is 0 Å². The lowest BCUT2D eigenvalue weighted by Gasteiger charge is -2.42. The number of aliphatic hydroxyl groups is 16. The Morgan fingerprint density at radius 1 is 0.596 bits per heavy atom. The number of ether oxygens (including phenoxy) is 2. The number of carbonyl (C=O) groups is 3. The van der Waals surface area contributed by atoms with Gasteiger partial charge < -0.3 is 102 Å². The van der Waals surface area contributed by atoms with E-state index >= 15 is 0 Å². The van der Waals surface area contributed by atoms with Crippen molar-refractivity contribution in [2.45, 2.75) is 310 Å². The van der Waals surface area contributed by atoms with Crippen LogP contribution < -0.4 is 5.73 Å². The van der Waals surface area contributed by atoms with Gasteiger partial charge in [-0.3, -0.25) is 14.4 Å². The Labute approximate surface area is 559 Å². The minimum absolute atomic E-state index is 0.00698. The molecule has 0 saturated carbocycles. The van der Waals surface area contributed by atoms with Crippen LogP contribution in [0, 0.1) is 53.3 Å². The molecule has 0 spiro atoms. The molecule has 0 aromatic carbocycles. The summed E-state index contributed by atoms with van der Waals surface area (Å²) in [6, 6.07) is -1.12. The maximum Gasteiger partial charge on any atom is 0.265 e. The van der Waals surface area contributed by atoms with Gasteiger partial charge in [-0.05, 0) is 164 Å². The summed E-state index contributed by atoms with van der Waals surface area (Å²) < 4.78 is 12.0. The average Bonchev–Trinajstić information content (AvgIpc) is 1.61. The van der Waals surface area contributed by atoms with E-state index in [2.05, 4.69) is 0 Å². The van der Waals surface area contributed by atoms with E-state index < -0.39 is 163 Å². The Kier molecular flexibility index (Phi) is 38.0. The largest absolute Gasteiger partial charge is 0.507 e. The third-order valence-corrected chi connectivity index (χ3v) is 19.7. The van der Waals surface area contributed by atoms with Crippen molar-refractivity contribution in [3.63, 3.8) is 0 Å². The van der Waals surface area contributed by atoms with Gasteiger partial charge in [-0.2, -0.15) is 0 Å². The SMILES string of the molecule is C/C(=C\C(O)C(O)CC(O)CC(OC1OC(C)C(O)C(N)C1O)C(C)CCC(O)CC(O)CCC(C)C(O)C(C)C(O)C(C)C)C(=O)C(C)/C=C(\C)C(O)C(C)C(O)CCCC(O)C(C)C(O)C(C)CCC(O)CC(O)C/C=C(\C)C(O)=C1C(=O)/C(=C/C(C)C)N(C)C1=O. The van der Waals surface area contributed by atoms with Gasteiger partial charge in [0.2, 0.25) is 5.78 Å². The minimum Gasteiger partial charge on any atom is -0.507 e. The predicted octanol–water partition coefficient (Wildman–Crippen LogP) is 4.23. The molecule has 26 atom stereocenters. The summed E-state index contributed by atoms with van der Waals surface area (Å²) in [5.41, 5.74) is 6.65. The number of nitrogens with zero attached hydrogens (tertiary/aromatic N) is 1. The van der Waals surface area contributed by atoms with Gasteiger partial charge in [-0.1, -0.05) is 94.4 Å². The molecule has 2 aliphatic rings. The van der Waals surface area contributed by atoms with Crippen LogP contribution in [-0.2, 0) is 23.9 Å². The lowest BCUT2D eigenvalue weighted by Crippen LogP contribution is -2.61. The molecule has 0 aromatic rings. The molecule has 23 heteroatoms. The quantitative estimate of drug-likeness (QED) is 0.0176. The first kappa shape index (κ1) is 86.7. The van der Waals surface area contributed by atoms with Gasteiger partial charge in [0.15, 0.2) is 12.1 Å². The highest BCUT2D eigenvalue weighted by atomic mass is 16.7. The molecule has 0 radical (unpaired) electrons. The van der Waals surface area contributed by atoms with E-state index in [1.165, 1.54) is 37.9 Å². The molecule has 94 heavy (non-hydrogen) atoms. The number of nitrogens with two attached hydrogens (primary N) is 1. The molecule has 2 saturated heterocycles. The van der Waals surface area contributed by atoms with Crippen molar-refractivity contribution in [2.24, 2.45) is 59.0 Å². The summed E-state index contributed by atoms with van der Waals surface area (Å²) in [4.78, 5) is 40.5. The molecular weight excluding hydrogens is 1220 g/mol. The smallest absolute Gasteiger partial charge is 0.265 e. The summed E-state index contributed by atoms with van der Waals surface area (Å²) in [6.45, 7) is 25.8. The Morgan fingerprint density at radius 3 is 1.62 bits per heavy atom. The van der Waals surface area contributed by atoms with E-state index in [9.17, 15) is 96.1 Å². The molecular formula is C71H126N2O21. The van der Waals surface area contributed by atoms with Crippen LogP contribution in [0.15, 0.2) is 58.1 Å². The second-order valence-corrected chi connectivity index (χ2v) is 28.9. The number of ketones is 2. The molecule has 2 fully saturated rings. The number of hydrogen-bond acceptors (Lipinski definition) is 22. The first-order valence-electron chi connectivity index (χ1n) is 34.4. The monoisotopic (exact) mass is 1340 g/mol. The third kappa shape index (κ3) is 27.0. The third-order valence-electron chi connectivity index (χ3n) is 19.7. The fourth-order valence-electron chi connectivity index (χ4n) is 12.6. The van der Waals surface area contributed by atoms with Crippen molar-refractivity contribution >= 4 is 17.5 Å². The fraction of sp³-hybridized carbons (Fsp3) is 0.817. The minimum atomic E-state index is -1.61. The van der Waals surface area contributed by atoms with Gasteiger partial charge in [0.1, 0.15) is 17.4 Å². The Balaban J connectivity index is 1.95. The predicted molar refractivity (Wildman–Crippen MR) is 358 cm³/mol. The van der Waals surface area contributed by atoms with E-state index in [4.69, 9.17) is 15.2 Å². The molecule has 26 unspecified atom stereocenters. The van der Waals surface area contributed by atoms with Crippen molar-refractivity contribution in [2.75, 3.05) is 7.05 Å². The molecule has 2 heterocycles. The van der Waals surface area contributed by atoms with Crippen LogP contribution in [0.1, 0.15) is 194 Å². The molecule has 23 nitrogen and oxygen atoms in total. The van der Waals surface area contributed by atoms with Gasteiger partial charge in [0.25, 0.3) is 5.91 Å². The lowest BCUT2D eigenvalue weighted by atomic mass is 9.82. The summed E-state index contributed by atoms with van der Waals surface area (Å²) in [5.74, 6) is -5.57. The summed E-state index contributed by atoms with van der Waals surface area (Å²) in [6.07, 6.45) is -11.3. The number of allylic oxidation sites excluding steroid dienone is 5. The number of carbonyl (C=O) groups excluding carboxylic acids is 3. The highest BCUT2D eigenvalue weighted by Crippen LogP contribution is 2.33. The van der Waals surface area contributed by atoms with Gasteiger partial charge >= 0.3 is 0 Å². The fourth-order valence-corrected chi connectivity index (χ4v) is 12.6. The van der Waals surface area contributed by atoms with Crippen LogP contribution in [-0.4, -0.2) is 227 Å². The number of Topliss-reactive ketones (excluding diaryl/α,β-unsaturated/α-hetero) is 2. The summed E-state index contributed by atoms with van der Waals surface area (Å²) >= 11 is 0. The van der Waals surface area contributed by atoms with Gasteiger partial charge in [0.05, 0.1) is 109 Å². The molecule has 546 valence electrons. The number of hydrogen-bond donors (Lipinski definition) is 17. The van der Waals surface area contributed by atoms with E-state index in [-0.39, 0.29) is 110 Å². The normalized spacial score (nSPS) is 26.7. The molecule has 0 bridgehead atoms. The van der Waals surface area contributed by atoms with Crippen molar-refractivity contribution in [3.05, 3.63) is 58.1 Å². The van der Waals surface area contributed by atoms with Crippen LogP contribution in [0.5, 0.6) is 0 Å². The number of aliphatic hydroxyl groups excluding tert-OH is 16. The van der Waals surface area contributed by atoms with E-state index in [1.807, 2.05) is 34.6 Å². The van der Waals surface area contributed by atoms with E-state index in [1.54, 1.807) is 67.5 Å². The van der Waals surface area contributed by atoms with Crippen molar-refractivity contribution < 1.29 is 106 Å². The highest BCUT2D eigenvalue weighted by molar-refractivity contribution is 6.32. The summed E-state index contributed by atoms with van der Waals surface area (Å²) in [7, 11) is 1.46. The van der Waals surface area contributed by atoms with Gasteiger partial charge in [0, 0.05) is 37.1 Å². The van der Waals surface area contributed by atoms with Crippen molar-refractivity contribution in [1.82, 2.24) is 4.90 Å². The highest BCUT2D eigenvalue weighted by Gasteiger charge is 2.44. The number of rotatable bonds is 43. The maximum absolute atomic E-state index is 13.6. The zero-order valence-corrected chi connectivity index (χ0v) is 59.1. The standard InChI is InChI=1S/C71H126N2O21/c1-35(2)28-53-68(90)59(70(92)73(53)16)66(88)40(8)23-27-51(77)32-49(75)25-21-38(6)63(85)44(12)54(79)18-17-19-55(80)45(13)65(87)42(10)29-41(9)62(84)43(11)30-56(81)57(82)33-52(78)34-58(94-71-69(91)60(72)67(89)47(15)93-71)37(5)20-24-48(74)31-50(76)26-22-39(7)64(86)46(14)61(83)36(3)4/h23,28-30,35-39,41,44-52,54-58,60-61,63-65,67,69,71,74-83,85-89,91H,17-22,24-27,31-34,72H2,1-16H3/b40-23+,42-29+,43-30+,53-28-,66-59?. The van der Waals surface area contributed by atoms with Crippen LogP contribution in [0.3, 0.4) is 0 Å². The van der Waals surface area contributed by atoms with Crippen LogP contribution in [0.2, 0.25) is 0 Å². The number of amides is 1. The van der Waals surface area contributed by atoms with Crippen LogP contribution in [0.25, 0.3) is 0 Å². The van der Waals surface area contributed by atoms with Crippen LogP contribution >= 0.6 is 0 Å². The first-order chi connectivity index (χ1) is 43.5. The van der Waals surface area contributed by atoms with E-state index in [0.29, 0.717) is 37.7 Å². The first-order valence-corrected chi connectivity index (χ1v) is 34.4. The maximum atomic E-state index is 13.6. The molecule has 18 N–H and O–H groups in total. The average molecular weight is 1340 g/mol. The zero-order valence-electron chi connectivity index (χ0n) is 59.1. The Hall–Kier alpha value is -3.41. The molecule has 1 amide bonds. The molecule has 0 aromatic heterocycles. The van der Waals surface area contributed by atoms with Crippen LogP contribution in [0.4, 0.5) is 0 Å². The Morgan fingerprint density at radius 2 is 1.10 bits per heavy atom. The number of likely N-dealkylation sites (tertiary alicyclic amines) is 1. The molecule has 2 rings (SSSR count). The van der Waals surface area contributed by atoms with Crippen molar-refractivity contribution in [3.8, 4) is 0 Å². The zero-order chi connectivity index (χ0) is 72.1. The second kappa shape index (κ2) is 41.2. The van der Waals surface area contributed by atoms with Gasteiger partial charge in [-0.15, -0.1) is 0 Å².